The van der Waals surface area contributed by atoms with Gasteiger partial charge in [-0.3, -0.25) is 0 Å². The first kappa shape index (κ1) is 18.2. The number of aromatic nitrogens is 1. The molecular weight excluding hydrogens is 359 g/mol. The van der Waals surface area contributed by atoms with E-state index in [2.05, 4.69) is 29.3 Å². The predicted molar refractivity (Wildman–Crippen MR) is 85.8 cm³/mol. The van der Waals surface area contributed by atoms with E-state index in [4.69, 9.17) is 15.0 Å². The number of halogens is 1. The second-order valence-corrected chi connectivity index (χ2v) is 4.57. The van der Waals surface area contributed by atoms with Crippen LogP contribution in [0.2, 0.25) is 0 Å². The summed E-state index contributed by atoms with van der Waals surface area (Å²) in [5.74, 6) is 1.44. The first-order valence-corrected chi connectivity index (χ1v) is 6.03. The third-order valence-electron chi connectivity index (χ3n) is 2.38. The fourth-order valence-electron chi connectivity index (χ4n) is 1.43. The number of hydrogen-bond donors (Lipinski definition) is 2. The van der Waals surface area contributed by atoms with Crippen molar-refractivity contribution in [3.05, 3.63) is 17.5 Å². The van der Waals surface area contributed by atoms with E-state index in [-0.39, 0.29) is 30.0 Å². The van der Waals surface area contributed by atoms with E-state index in [1.54, 1.807) is 7.11 Å². The fourth-order valence-corrected chi connectivity index (χ4v) is 1.43. The van der Waals surface area contributed by atoms with Gasteiger partial charge in [-0.1, -0.05) is 19.0 Å². The average Bonchev–Trinajstić information content (AvgIpc) is 2.75. The molecule has 0 aromatic carbocycles. The summed E-state index contributed by atoms with van der Waals surface area (Å²) < 4.78 is 10.2. The van der Waals surface area contributed by atoms with Crippen molar-refractivity contribution in [3.63, 3.8) is 0 Å². The molecule has 0 radical (unpaired) electrons. The number of guanidine groups is 1. The Balaban J connectivity index is 0.00000324. The molecule has 1 atom stereocenters. The maximum absolute atomic E-state index is 5.74. The molecule has 0 aliphatic carbocycles. The highest BCUT2D eigenvalue weighted by molar-refractivity contribution is 14.0. The lowest BCUT2D eigenvalue weighted by atomic mass is 10.1. The smallest absolute Gasteiger partial charge is 0.189 e. The maximum atomic E-state index is 5.74. The van der Waals surface area contributed by atoms with Crippen molar-refractivity contribution in [1.82, 2.24) is 10.5 Å². The number of ether oxygens (including phenoxy) is 1. The average molecular weight is 382 g/mol. The largest absolute Gasteiger partial charge is 0.383 e. The fraction of sp³-hybridized carbons (Fsp3) is 0.667. The topological polar surface area (TPSA) is 85.7 Å². The van der Waals surface area contributed by atoms with Crippen molar-refractivity contribution < 1.29 is 9.26 Å². The van der Waals surface area contributed by atoms with Gasteiger partial charge < -0.3 is 20.3 Å². The molecule has 0 fully saturated rings. The Labute approximate surface area is 131 Å². The number of rotatable bonds is 6. The second kappa shape index (κ2) is 9.13. The van der Waals surface area contributed by atoms with Crippen molar-refractivity contribution in [2.75, 3.05) is 13.7 Å². The van der Waals surface area contributed by atoms with Gasteiger partial charge in [0.2, 0.25) is 0 Å². The molecule has 0 saturated heterocycles. The Morgan fingerprint density at radius 3 is 2.74 bits per heavy atom. The first-order chi connectivity index (χ1) is 8.52. The van der Waals surface area contributed by atoms with Crippen LogP contribution in [0.5, 0.6) is 0 Å². The number of nitrogens with zero attached hydrogens (tertiary/aromatic N) is 2. The Morgan fingerprint density at radius 1 is 1.53 bits per heavy atom. The maximum Gasteiger partial charge on any atom is 0.189 e. The van der Waals surface area contributed by atoms with Crippen LogP contribution < -0.4 is 11.1 Å². The SMILES string of the molecule is COCC(C)NC(N)=NCc1cc(C(C)C)no1.I. The number of aliphatic imine (C=N–C) groups is 1. The first-order valence-electron chi connectivity index (χ1n) is 6.03. The molecule has 0 aliphatic heterocycles. The summed E-state index contributed by atoms with van der Waals surface area (Å²) in [6.07, 6.45) is 0. The van der Waals surface area contributed by atoms with Gasteiger partial charge in [0.25, 0.3) is 0 Å². The molecule has 1 heterocycles. The summed E-state index contributed by atoms with van der Waals surface area (Å²) in [6, 6.07) is 2.03. The summed E-state index contributed by atoms with van der Waals surface area (Å²) in [4.78, 5) is 4.18. The zero-order valence-electron chi connectivity index (χ0n) is 11.8. The van der Waals surface area contributed by atoms with Crippen molar-refractivity contribution >= 4 is 29.9 Å². The molecule has 0 bridgehead atoms. The van der Waals surface area contributed by atoms with Gasteiger partial charge in [0.05, 0.1) is 12.3 Å². The molecular formula is C12H23IN4O2. The van der Waals surface area contributed by atoms with Crippen LogP contribution in [-0.4, -0.2) is 30.9 Å². The van der Waals surface area contributed by atoms with Crippen LogP contribution >= 0.6 is 24.0 Å². The Hall–Kier alpha value is -0.830. The third kappa shape index (κ3) is 6.76. The minimum Gasteiger partial charge on any atom is -0.383 e. The summed E-state index contributed by atoms with van der Waals surface area (Å²) >= 11 is 0. The number of methoxy groups -OCH3 is 1. The highest BCUT2D eigenvalue weighted by Gasteiger charge is 2.07. The molecule has 1 aromatic rings. The van der Waals surface area contributed by atoms with Gasteiger partial charge in [0.1, 0.15) is 6.54 Å². The lowest BCUT2D eigenvalue weighted by Crippen LogP contribution is -2.40. The molecule has 7 heteroatoms. The standard InChI is InChI=1S/C12H22N4O2.HI/c1-8(2)11-5-10(18-16-11)6-14-12(13)15-9(3)7-17-4;/h5,8-9H,6-7H2,1-4H3,(H3,13,14,15);1H. The normalized spacial score (nSPS) is 13.2. The number of nitrogens with two attached hydrogens (primary N) is 1. The predicted octanol–water partition coefficient (Wildman–Crippen LogP) is 1.86. The molecule has 19 heavy (non-hydrogen) atoms. The van der Waals surface area contributed by atoms with E-state index in [0.29, 0.717) is 30.8 Å². The highest BCUT2D eigenvalue weighted by Crippen LogP contribution is 2.14. The molecule has 3 N–H and O–H groups in total. The lowest BCUT2D eigenvalue weighted by molar-refractivity contribution is 0.179. The van der Waals surface area contributed by atoms with E-state index in [1.807, 2.05) is 13.0 Å². The molecule has 0 spiro atoms. The van der Waals surface area contributed by atoms with Gasteiger partial charge in [0, 0.05) is 19.2 Å². The monoisotopic (exact) mass is 382 g/mol. The van der Waals surface area contributed by atoms with Gasteiger partial charge in [-0.25, -0.2) is 4.99 Å². The van der Waals surface area contributed by atoms with Gasteiger partial charge in [-0.15, -0.1) is 24.0 Å². The minimum atomic E-state index is 0. The van der Waals surface area contributed by atoms with Gasteiger partial charge in [-0.05, 0) is 12.8 Å². The summed E-state index contributed by atoms with van der Waals surface area (Å²) in [7, 11) is 1.65. The van der Waals surface area contributed by atoms with Gasteiger partial charge in [-0.2, -0.15) is 0 Å². The van der Waals surface area contributed by atoms with Crippen LogP contribution in [0.25, 0.3) is 0 Å². The van der Waals surface area contributed by atoms with E-state index < -0.39 is 0 Å². The molecule has 1 unspecified atom stereocenters. The summed E-state index contributed by atoms with van der Waals surface area (Å²) in [5, 5.41) is 6.98. The van der Waals surface area contributed by atoms with Gasteiger partial charge in [0.15, 0.2) is 11.7 Å². The second-order valence-electron chi connectivity index (χ2n) is 4.57. The number of nitrogens with one attached hydrogen (secondary N) is 1. The van der Waals surface area contributed by atoms with E-state index >= 15 is 0 Å². The van der Waals surface area contributed by atoms with Crippen LogP contribution in [0.1, 0.15) is 38.1 Å². The molecule has 1 aromatic heterocycles. The number of hydrogen-bond acceptors (Lipinski definition) is 4. The van der Waals surface area contributed by atoms with Crippen molar-refractivity contribution in [2.24, 2.45) is 10.7 Å². The molecule has 0 aliphatic rings. The third-order valence-corrected chi connectivity index (χ3v) is 2.38. The zero-order chi connectivity index (χ0) is 13.5. The van der Waals surface area contributed by atoms with Crippen LogP contribution in [0.4, 0.5) is 0 Å². The van der Waals surface area contributed by atoms with Crippen LogP contribution in [0, 0.1) is 0 Å². The summed E-state index contributed by atoms with van der Waals surface area (Å²) in [6.45, 7) is 7.06. The van der Waals surface area contributed by atoms with E-state index in [1.165, 1.54) is 0 Å². The zero-order valence-corrected chi connectivity index (χ0v) is 14.2. The Bertz CT molecular complexity index is 393. The van der Waals surface area contributed by atoms with Crippen molar-refractivity contribution in [1.29, 1.82) is 0 Å². The summed E-state index contributed by atoms with van der Waals surface area (Å²) in [5.41, 5.74) is 6.67. The molecule has 6 nitrogen and oxygen atoms in total. The molecule has 110 valence electrons. The molecule has 0 saturated carbocycles. The Morgan fingerprint density at radius 2 is 2.21 bits per heavy atom. The van der Waals surface area contributed by atoms with E-state index in [0.717, 1.165) is 5.69 Å². The van der Waals surface area contributed by atoms with E-state index in [9.17, 15) is 0 Å². The van der Waals surface area contributed by atoms with Crippen LogP contribution in [0.3, 0.4) is 0 Å². The van der Waals surface area contributed by atoms with Crippen molar-refractivity contribution in [2.45, 2.75) is 39.3 Å². The Kier molecular flexibility index (Phi) is 8.73. The lowest BCUT2D eigenvalue weighted by Gasteiger charge is -2.12. The van der Waals surface area contributed by atoms with Crippen LogP contribution in [-0.2, 0) is 11.3 Å². The molecule has 1 rings (SSSR count). The minimum absolute atomic E-state index is 0. The van der Waals surface area contributed by atoms with Crippen molar-refractivity contribution in [3.8, 4) is 0 Å². The molecule has 0 amide bonds. The van der Waals surface area contributed by atoms with Gasteiger partial charge >= 0.3 is 0 Å². The highest BCUT2D eigenvalue weighted by atomic mass is 127. The van der Waals surface area contributed by atoms with Crippen LogP contribution in [0.15, 0.2) is 15.6 Å². The quantitative estimate of drug-likeness (QED) is 0.446.